The van der Waals surface area contributed by atoms with Crippen LogP contribution in [0.3, 0.4) is 0 Å². The first-order chi connectivity index (χ1) is 8.88. The Morgan fingerprint density at radius 3 is 2.74 bits per heavy atom. The Hall–Kier alpha value is -2.02. The molecule has 0 spiro atoms. The summed E-state index contributed by atoms with van der Waals surface area (Å²) in [6.45, 7) is 0. The van der Waals surface area contributed by atoms with Crippen molar-refractivity contribution in [3.05, 3.63) is 47.2 Å². The number of benzene rings is 1. The fourth-order valence-electron chi connectivity index (χ4n) is 1.32. The third-order valence-corrected chi connectivity index (χ3v) is 2.53. The van der Waals surface area contributed by atoms with Gasteiger partial charge in [-0.1, -0.05) is 11.6 Å². The summed E-state index contributed by atoms with van der Waals surface area (Å²) < 4.78 is 38.5. The average molecular weight is 289 g/mol. The molecule has 1 heterocycles. The smallest absolute Gasteiger partial charge is 0.305 e. The van der Waals surface area contributed by atoms with E-state index < -0.39 is 17.8 Å². The SMILES string of the molecule is O=C(Nc1cc(C(F)(F)F)ccc1Cl)n1cc[c]n1. The predicted octanol–water partition coefficient (Wildman–Crippen LogP) is 3.44. The predicted molar refractivity (Wildman–Crippen MR) is 61.9 cm³/mol. The second-order valence-corrected chi connectivity index (χ2v) is 3.92. The van der Waals surface area contributed by atoms with Crippen LogP contribution in [0.1, 0.15) is 5.56 Å². The van der Waals surface area contributed by atoms with Crippen molar-refractivity contribution in [2.75, 3.05) is 5.32 Å². The van der Waals surface area contributed by atoms with Crippen LogP contribution in [-0.2, 0) is 6.18 Å². The Bertz CT molecular complexity index is 596. The molecule has 0 saturated heterocycles. The molecule has 0 aliphatic rings. The number of carbonyl (C=O) groups is 1. The minimum absolute atomic E-state index is 0.00233. The van der Waals surface area contributed by atoms with Crippen molar-refractivity contribution in [3.63, 3.8) is 0 Å². The summed E-state index contributed by atoms with van der Waals surface area (Å²) in [5.74, 6) is 0. The molecular formula is C11H6ClF3N3O. The van der Waals surface area contributed by atoms with E-state index in [1.54, 1.807) is 0 Å². The molecule has 4 nitrogen and oxygen atoms in total. The second kappa shape index (κ2) is 4.93. The van der Waals surface area contributed by atoms with E-state index in [2.05, 4.69) is 16.6 Å². The van der Waals surface area contributed by atoms with E-state index >= 15 is 0 Å². The van der Waals surface area contributed by atoms with E-state index in [4.69, 9.17) is 11.6 Å². The molecular weight excluding hydrogens is 283 g/mol. The van der Waals surface area contributed by atoms with Crippen molar-refractivity contribution in [2.24, 2.45) is 0 Å². The van der Waals surface area contributed by atoms with Gasteiger partial charge in [0.15, 0.2) is 0 Å². The minimum Gasteiger partial charge on any atom is -0.305 e. The molecule has 1 N–H and O–H groups in total. The van der Waals surface area contributed by atoms with Gasteiger partial charge < -0.3 is 5.32 Å². The average Bonchev–Trinajstić information content (AvgIpc) is 2.84. The highest BCUT2D eigenvalue weighted by molar-refractivity contribution is 6.33. The van der Waals surface area contributed by atoms with Gasteiger partial charge in [-0.25, -0.2) is 4.79 Å². The van der Waals surface area contributed by atoms with Gasteiger partial charge in [0.05, 0.1) is 16.3 Å². The molecule has 1 amide bonds. The summed E-state index contributed by atoms with van der Waals surface area (Å²) in [7, 11) is 0. The Kier molecular flexibility index (Phi) is 3.48. The van der Waals surface area contributed by atoms with Crippen LogP contribution in [0.15, 0.2) is 30.5 Å². The lowest BCUT2D eigenvalue weighted by Gasteiger charge is -2.11. The molecule has 2 rings (SSSR count). The Morgan fingerprint density at radius 1 is 1.42 bits per heavy atom. The summed E-state index contributed by atoms with van der Waals surface area (Å²) in [5, 5.41) is 5.76. The van der Waals surface area contributed by atoms with Crippen molar-refractivity contribution < 1.29 is 18.0 Å². The summed E-state index contributed by atoms with van der Waals surface area (Å²) in [6.07, 6.45) is -0.822. The maximum atomic E-state index is 12.5. The minimum atomic E-state index is -4.51. The van der Waals surface area contributed by atoms with E-state index in [1.165, 1.54) is 12.3 Å². The Balaban J connectivity index is 2.27. The second-order valence-electron chi connectivity index (χ2n) is 3.51. The van der Waals surface area contributed by atoms with Crippen molar-refractivity contribution >= 4 is 23.3 Å². The molecule has 0 aliphatic carbocycles. The summed E-state index contributed by atoms with van der Waals surface area (Å²) in [4.78, 5) is 11.6. The molecule has 19 heavy (non-hydrogen) atoms. The zero-order valence-electron chi connectivity index (χ0n) is 9.20. The van der Waals surface area contributed by atoms with Gasteiger partial charge in [0.25, 0.3) is 0 Å². The normalized spacial score (nSPS) is 11.4. The molecule has 1 aromatic carbocycles. The maximum Gasteiger partial charge on any atom is 0.416 e. The van der Waals surface area contributed by atoms with Crippen molar-refractivity contribution in [1.82, 2.24) is 9.78 Å². The van der Waals surface area contributed by atoms with Crippen LogP contribution in [0.5, 0.6) is 0 Å². The first kappa shape index (κ1) is 13.4. The van der Waals surface area contributed by atoms with Gasteiger partial charge >= 0.3 is 12.2 Å². The van der Waals surface area contributed by atoms with E-state index in [9.17, 15) is 18.0 Å². The van der Waals surface area contributed by atoms with Gasteiger partial charge in [-0.2, -0.15) is 23.0 Å². The van der Waals surface area contributed by atoms with Gasteiger partial charge in [0.1, 0.15) is 6.20 Å². The van der Waals surface area contributed by atoms with Crippen LogP contribution in [0.2, 0.25) is 5.02 Å². The molecule has 2 aromatic rings. The quantitative estimate of drug-likeness (QED) is 0.874. The van der Waals surface area contributed by atoms with Crippen molar-refractivity contribution in [1.29, 1.82) is 0 Å². The van der Waals surface area contributed by atoms with Crippen LogP contribution < -0.4 is 5.32 Å². The molecule has 0 saturated carbocycles. The summed E-state index contributed by atoms with van der Waals surface area (Å²) in [6, 6.07) is 3.30. The molecule has 0 bridgehead atoms. The highest BCUT2D eigenvalue weighted by Crippen LogP contribution is 2.33. The third-order valence-electron chi connectivity index (χ3n) is 2.20. The van der Waals surface area contributed by atoms with Crippen LogP contribution in [0.25, 0.3) is 0 Å². The topological polar surface area (TPSA) is 46.9 Å². The number of nitrogens with one attached hydrogen (secondary N) is 1. The van der Waals surface area contributed by atoms with E-state index in [1.807, 2.05) is 0 Å². The van der Waals surface area contributed by atoms with Crippen LogP contribution in [-0.4, -0.2) is 15.8 Å². The zero-order valence-corrected chi connectivity index (χ0v) is 9.96. The lowest BCUT2D eigenvalue weighted by atomic mass is 10.2. The lowest BCUT2D eigenvalue weighted by Crippen LogP contribution is -2.20. The first-order valence-corrected chi connectivity index (χ1v) is 5.35. The number of alkyl halides is 3. The molecule has 1 radical (unpaired) electrons. The molecule has 1 aromatic heterocycles. The number of nitrogens with zero attached hydrogens (tertiary/aromatic N) is 2. The van der Waals surface area contributed by atoms with Crippen LogP contribution >= 0.6 is 11.6 Å². The standard InChI is InChI=1S/C11H6ClF3N3O/c12-8-3-2-7(11(13,14)15)6-9(8)17-10(19)18-5-1-4-16-18/h1-3,5-6H,(H,17,19). The van der Waals surface area contributed by atoms with Crippen molar-refractivity contribution in [2.45, 2.75) is 6.18 Å². The molecule has 0 fully saturated rings. The van der Waals surface area contributed by atoms with Crippen molar-refractivity contribution in [3.8, 4) is 0 Å². The van der Waals surface area contributed by atoms with E-state index in [0.717, 1.165) is 22.9 Å². The molecule has 0 atom stereocenters. The fourth-order valence-corrected chi connectivity index (χ4v) is 1.48. The number of amides is 1. The summed E-state index contributed by atoms with van der Waals surface area (Å²) in [5.41, 5.74) is -1.05. The number of hydrogen-bond donors (Lipinski definition) is 1. The molecule has 99 valence electrons. The fraction of sp³-hybridized carbons (Fsp3) is 0.0909. The third kappa shape index (κ3) is 3.05. The van der Waals surface area contributed by atoms with Gasteiger partial charge in [-0.05, 0) is 24.3 Å². The lowest BCUT2D eigenvalue weighted by molar-refractivity contribution is -0.137. The first-order valence-electron chi connectivity index (χ1n) is 4.98. The van der Waals surface area contributed by atoms with E-state index in [0.29, 0.717) is 0 Å². The van der Waals surface area contributed by atoms with Gasteiger partial charge in [0.2, 0.25) is 0 Å². The van der Waals surface area contributed by atoms with Gasteiger partial charge in [-0.15, -0.1) is 0 Å². The Labute approximate surface area is 110 Å². The largest absolute Gasteiger partial charge is 0.416 e. The maximum absolute atomic E-state index is 12.5. The van der Waals surface area contributed by atoms with Crippen LogP contribution in [0, 0.1) is 6.20 Å². The monoisotopic (exact) mass is 288 g/mol. The number of aromatic nitrogens is 2. The highest BCUT2D eigenvalue weighted by atomic mass is 35.5. The molecule has 0 unspecified atom stereocenters. The zero-order chi connectivity index (χ0) is 14.0. The number of carbonyl (C=O) groups excluding carboxylic acids is 1. The van der Waals surface area contributed by atoms with Gasteiger partial charge in [0, 0.05) is 6.20 Å². The number of hydrogen-bond acceptors (Lipinski definition) is 2. The molecule has 8 heteroatoms. The number of rotatable bonds is 1. The highest BCUT2D eigenvalue weighted by Gasteiger charge is 2.31. The van der Waals surface area contributed by atoms with Gasteiger partial charge in [-0.3, -0.25) is 0 Å². The Morgan fingerprint density at radius 2 is 2.16 bits per heavy atom. The molecule has 0 aliphatic heterocycles. The number of halogens is 4. The van der Waals surface area contributed by atoms with E-state index in [-0.39, 0.29) is 10.7 Å². The number of anilines is 1. The summed E-state index contributed by atoms with van der Waals surface area (Å²) >= 11 is 5.73. The van der Waals surface area contributed by atoms with Crippen LogP contribution in [0.4, 0.5) is 23.7 Å².